The number of carbonyl (C=O) groups is 3. The Bertz CT molecular complexity index is 872. The van der Waals surface area contributed by atoms with Gasteiger partial charge in [0.2, 0.25) is 0 Å². The maximum Gasteiger partial charge on any atom is 0.336 e. The standard InChI is InChI=1S/C24H26O7/c1-19-16-22(30-18-26)11-12-23(19)31-24(27)13-8-20-6-9-21(10-7-20)29-15-5-3-2-4-14-28-17-25/h6-13,16-18H,2-5,14-15H2,1H3/b13-8+. The molecule has 0 saturated carbocycles. The van der Waals surface area contributed by atoms with Crippen LogP contribution in [-0.4, -0.2) is 32.1 Å². The summed E-state index contributed by atoms with van der Waals surface area (Å²) in [5, 5.41) is 0. The van der Waals surface area contributed by atoms with Crippen LogP contribution >= 0.6 is 0 Å². The molecule has 0 heterocycles. The van der Waals surface area contributed by atoms with Gasteiger partial charge in [-0.2, -0.15) is 0 Å². The average Bonchev–Trinajstić information content (AvgIpc) is 2.77. The van der Waals surface area contributed by atoms with Gasteiger partial charge in [-0.15, -0.1) is 0 Å². The maximum absolute atomic E-state index is 12.1. The van der Waals surface area contributed by atoms with Crippen molar-refractivity contribution in [3.05, 3.63) is 59.7 Å². The summed E-state index contributed by atoms with van der Waals surface area (Å²) in [4.78, 5) is 32.5. The quantitative estimate of drug-likeness (QED) is 0.147. The number of aryl methyl sites for hydroxylation is 1. The molecule has 0 N–H and O–H groups in total. The molecule has 2 rings (SSSR count). The van der Waals surface area contributed by atoms with Crippen LogP contribution in [0.3, 0.4) is 0 Å². The van der Waals surface area contributed by atoms with Crippen molar-refractivity contribution in [3.63, 3.8) is 0 Å². The highest BCUT2D eigenvalue weighted by atomic mass is 16.5. The number of carbonyl (C=O) groups excluding carboxylic acids is 3. The number of unbranched alkanes of at least 4 members (excludes halogenated alkanes) is 3. The van der Waals surface area contributed by atoms with E-state index in [1.54, 1.807) is 31.2 Å². The molecular weight excluding hydrogens is 400 g/mol. The van der Waals surface area contributed by atoms with Crippen LogP contribution in [0.2, 0.25) is 0 Å². The summed E-state index contributed by atoms with van der Waals surface area (Å²) in [6.45, 7) is 3.65. The number of rotatable bonds is 14. The van der Waals surface area contributed by atoms with Crippen LogP contribution < -0.4 is 14.2 Å². The first-order chi connectivity index (χ1) is 15.1. The van der Waals surface area contributed by atoms with Crippen molar-refractivity contribution in [2.24, 2.45) is 0 Å². The zero-order chi connectivity index (χ0) is 22.3. The van der Waals surface area contributed by atoms with Crippen LogP contribution in [0.5, 0.6) is 17.2 Å². The number of esters is 1. The van der Waals surface area contributed by atoms with Gasteiger partial charge in [-0.1, -0.05) is 12.1 Å². The second kappa shape index (κ2) is 13.6. The van der Waals surface area contributed by atoms with Crippen molar-refractivity contribution in [1.82, 2.24) is 0 Å². The molecule has 0 spiro atoms. The molecule has 0 aliphatic heterocycles. The zero-order valence-corrected chi connectivity index (χ0v) is 17.5. The molecular formula is C24H26O7. The lowest BCUT2D eigenvalue weighted by molar-refractivity contribution is -0.129. The van der Waals surface area contributed by atoms with Crippen LogP contribution in [0.15, 0.2) is 48.5 Å². The van der Waals surface area contributed by atoms with E-state index in [0.29, 0.717) is 43.2 Å². The normalized spacial score (nSPS) is 10.5. The van der Waals surface area contributed by atoms with E-state index in [2.05, 4.69) is 4.74 Å². The van der Waals surface area contributed by atoms with Crippen LogP contribution in [0, 0.1) is 6.92 Å². The van der Waals surface area contributed by atoms with E-state index in [1.807, 2.05) is 24.3 Å². The monoisotopic (exact) mass is 426 g/mol. The molecule has 31 heavy (non-hydrogen) atoms. The Hall–Kier alpha value is -3.61. The summed E-state index contributed by atoms with van der Waals surface area (Å²) in [5.41, 5.74) is 1.52. The fourth-order valence-electron chi connectivity index (χ4n) is 2.73. The van der Waals surface area contributed by atoms with E-state index in [4.69, 9.17) is 14.2 Å². The Morgan fingerprint density at radius 1 is 0.871 bits per heavy atom. The largest absolute Gasteiger partial charge is 0.494 e. The lowest BCUT2D eigenvalue weighted by Gasteiger charge is -2.07. The van der Waals surface area contributed by atoms with E-state index >= 15 is 0 Å². The van der Waals surface area contributed by atoms with Crippen molar-refractivity contribution in [3.8, 4) is 17.2 Å². The molecule has 0 fully saturated rings. The highest BCUT2D eigenvalue weighted by Crippen LogP contribution is 2.23. The fourth-order valence-corrected chi connectivity index (χ4v) is 2.73. The van der Waals surface area contributed by atoms with E-state index in [0.717, 1.165) is 37.0 Å². The smallest absolute Gasteiger partial charge is 0.336 e. The number of hydrogen-bond donors (Lipinski definition) is 0. The fraction of sp³-hybridized carbons (Fsp3) is 0.292. The number of benzene rings is 2. The predicted octanol–water partition coefficient (Wildman–Crippen LogP) is 4.26. The summed E-state index contributed by atoms with van der Waals surface area (Å²) in [6, 6.07) is 12.1. The second-order valence-electron chi connectivity index (χ2n) is 6.69. The first-order valence-corrected chi connectivity index (χ1v) is 10.0. The third kappa shape index (κ3) is 9.16. The molecule has 0 unspecified atom stereocenters. The molecule has 0 amide bonds. The van der Waals surface area contributed by atoms with Gasteiger partial charge in [-0.05, 0) is 80.1 Å². The van der Waals surface area contributed by atoms with Gasteiger partial charge in [-0.3, -0.25) is 9.59 Å². The SMILES string of the molecule is Cc1cc(OC=O)ccc1OC(=O)/C=C/c1ccc(OCCCCCCOC=O)cc1. The first-order valence-electron chi connectivity index (χ1n) is 10.0. The molecule has 0 bridgehead atoms. The van der Waals surface area contributed by atoms with E-state index in [1.165, 1.54) is 6.08 Å². The van der Waals surface area contributed by atoms with Gasteiger partial charge in [0.05, 0.1) is 13.2 Å². The van der Waals surface area contributed by atoms with Crippen molar-refractivity contribution in [2.75, 3.05) is 13.2 Å². The summed E-state index contributed by atoms with van der Waals surface area (Å²) in [6.07, 6.45) is 6.80. The van der Waals surface area contributed by atoms with Gasteiger partial charge < -0.3 is 18.9 Å². The minimum atomic E-state index is -0.508. The topological polar surface area (TPSA) is 88.1 Å². The van der Waals surface area contributed by atoms with Gasteiger partial charge in [-0.25, -0.2) is 4.79 Å². The maximum atomic E-state index is 12.1. The van der Waals surface area contributed by atoms with Crippen molar-refractivity contribution < 1.29 is 33.3 Å². The Morgan fingerprint density at radius 3 is 2.26 bits per heavy atom. The van der Waals surface area contributed by atoms with Crippen molar-refractivity contribution >= 4 is 25.0 Å². The molecule has 0 aromatic heterocycles. The lowest BCUT2D eigenvalue weighted by atomic mass is 10.2. The zero-order valence-electron chi connectivity index (χ0n) is 17.5. The molecule has 7 heteroatoms. The third-order valence-electron chi connectivity index (χ3n) is 4.33. The number of hydrogen-bond acceptors (Lipinski definition) is 7. The highest BCUT2D eigenvalue weighted by molar-refractivity contribution is 5.88. The minimum Gasteiger partial charge on any atom is -0.494 e. The van der Waals surface area contributed by atoms with Crippen LogP contribution in [-0.2, 0) is 19.1 Å². The first kappa shape index (κ1) is 23.7. The Morgan fingerprint density at radius 2 is 1.58 bits per heavy atom. The van der Waals surface area contributed by atoms with Gasteiger partial charge in [0, 0.05) is 6.08 Å². The Labute approximate surface area is 181 Å². The summed E-state index contributed by atoms with van der Waals surface area (Å²) in [7, 11) is 0. The van der Waals surface area contributed by atoms with Gasteiger partial charge in [0.25, 0.3) is 12.9 Å². The molecule has 7 nitrogen and oxygen atoms in total. The summed E-state index contributed by atoms with van der Waals surface area (Å²) < 4.78 is 20.4. The summed E-state index contributed by atoms with van der Waals surface area (Å²) in [5.74, 6) is 1.03. The minimum absolute atomic E-state index is 0.343. The van der Waals surface area contributed by atoms with Crippen LogP contribution in [0.1, 0.15) is 36.8 Å². The Kier molecular flexibility index (Phi) is 10.4. The summed E-state index contributed by atoms with van der Waals surface area (Å²) >= 11 is 0. The predicted molar refractivity (Wildman–Crippen MR) is 115 cm³/mol. The molecule has 0 atom stereocenters. The van der Waals surface area contributed by atoms with Gasteiger partial charge in [0.1, 0.15) is 17.2 Å². The highest BCUT2D eigenvalue weighted by Gasteiger charge is 2.06. The molecule has 0 aliphatic carbocycles. The molecule has 164 valence electrons. The molecule has 2 aromatic carbocycles. The van der Waals surface area contributed by atoms with E-state index < -0.39 is 5.97 Å². The molecule has 2 aromatic rings. The van der Waals surface area contributed by atoms with E-state index in [9.17, 15) is 14.4 Å². The Balaban J connectivity index is 1.73. The molecule has 0 aliphatic rings. The number of ether oxygens (including phenoxy) is 4. The van der Waals surface area contributed by atoms with Gasteiger partial charge in [0.15, 0.2) is 0 Å². The van der Waals surface area contributed by atoms with Crippen LogP contribution in [0.4, 0.5) is 0 Å². The van der Waals surface area contributed by atoms with E-state index in [-0.39, 0.29) is 0 Å². The molecule has 0 saturated heterocycles. The van der Waals surface area contributed by atoms with Crippen LogP contribution in [0.25, 0.3) is 6.08 Å². The van der Waals surface area contributed by atoms with Crippen molar-refractivity contribution in [2.45, 2.75) is 32.6 Å². The third-order valence-corrected chi connectivity index (χ3v) is 4.33. The average molecular weight is 426 g/mol. The van der Waals surface area contributed by atoms with Gasteiger partial charge >= 0.3 is 5.97 Å². The second-order valence-corrected chi connectivity index (χ2v) is 6.69. The molecule has 0 radical (unpaired) electrons. The van der Waals surface area contributed by atoms with Crippen molar-refractivity contribution in [1.29, 1.82) is 0 Å². The lowest BCUT2D eigenvalue weighted by Crippen LogP contribution is -2.05.